The predicted molar refractivity (Wildman–Crippen MR) is 84.2 cm³/mol. The molecule has 0 aliphatic carbocycles. The van der Waals surface area contributed by atoms with Gasteiger partial charge in [0.15, 0.2) is 0 Å². The maximum Gasteiger partial charge on any atom is 0.330 e. The van der Waals surface area contributed by atoms with Gasteiger partial charge in [0.25, 0.3) is 0 Å². The monoisotopic (exact) mass is 280 g/mol. The Hall–Kier alpha value is -2.88. The Bertz CT molecular complexity index is 634. The van der Waals surface area contributed by atoms with Gasteiger partial charge in [-0.3, -0.25) is 5.43 Å². The van der Waals surface area contributed by atoms with Crippen LogP contribution in [0.3, 0.4) is 0 Å². The summed E-state index contributed by atoms with van der Waals surface area (Å²) in [7, 11) is 1.34. The van der Waals surface area contributed by atoms with Crippen molar-refractivity contribution in [2.24, 2.45) is 5.10 Å². The van der Waals surface area contributed by atoms with Crippen LogP contribution < -0.4 is 5.43 Å². The summed E-state index contributed by atoms with van der Waals surface area (Å²) in [6.07, 6.45) is 2.97. The molecule has 2 aromatic rings. The number of hydrazone groups is 1. The molecular weight excluding hydrogens is 264 g/mol. The summed E-state index contributed by atoms with van der Waals surface area (Å²) in [5.41, 5.74) is 5.39. The van der Waals surface area contributed by atoms with Gasteiger partial charge in [-0.1, -0.05) is 48.5 Å². The number of nitrogens with zero attached hydrogens (tertiary/aromatic N) is 1. The molecule has 0 heterocycles. The van der Waals surface area contributed by atoms with Crippen molar-refractivity contribution < 1.29 is 9.53 Å². The second-order valence-corrected chi connectivity index (χ2v) is 4.20. The van der Waals surface area contributed by atoms with Gasteiger partial charge >= 0.3 is 5.97 Å². The minimum absolute atomic E-state index is 0.418. The molecule has 0 aromatic heterocycles. The number of carbonyl (C=O) groups is 1. The lowest BCUT2D eigenvalue weighted by molar-refractivity contribution is -0.134. The fourth-order valence-electron chi connectivity index (χ4n) is 1.66. The lowest BCUT2D eigenvalue weighted by Crippen LogP contribution is -2.03. The molecule has 0 unspecified atom stereocenters. The van der Waals surface area contributed by atoms with E-state index < -0.39 is 5.97 Å². The second kappa shape index (κ2) is 7.65. The lowest BCUT2D eigenvalue weighted by atomic mass is 10.1. The molecular formula is C17H16N2O2. The molecule has 4 heteroatoms. The largest absolute Gasteiger partial charge is 0.466 e. The van der Waals surface area contributed by atoms with Crippen LogP contribution in [0, 0.1) is 0 Å². The highest BCUT2D eigenvalue weighted by Gasteiger charge is 2.01. The molecule has 0 aliphatic rings. The van der Waals surface area contributed by atoms with E-state index in [1.165, 1.54) is 13.2 Å². The quantitative estimate of drug-likeness (QED) is 0.396. The molecule has 0 spiro atoms. The third-order valence-electron chi connectivity index (χ3n) is 2.73. The summed E-state index contributed by atoms with van der Waals surface area (Å²) in [4.78, 5) is 11.2. The molecule has 1 N–H and O–H groups in total. The molecule has 4 nitrogen and oxygen atoms in total. The average Bonchev–Trinajstić information content (AvgIpc) is 2.56. The summed E-state index contributed by atoms with van der Waals surface area (Å²) in [6.45, 7) is 0. The SMILES string of the molecule is COC(=O)/C=C/C(=N/Nc1ccccc1)c1ccccc1. The van der Waals surface area contributed by atoms with Gasteiger partial charge in [-0.15, -0.1) is 0 Å². The number of ether oxygens (including phenoxy) is 1. The fraction of sp³-hybridized carbons (Fsp3) is 0.0588. The first kappa shape index (κ1) is 14.5. The van der Waals surface area contributed by atoms with E-state index in [4.69, 9.17) is 0 Å². The van der Waals surface area contributed by atoms with Gasteiger partial charge in [0, 0.05) is 11.6 Å². The fourth-order valence-corrected chi connectivity index (χ4v) is 1.66. The molecule has 0 fully saturated rings. The molecule has 0 saturated carbocycles. The van der Waals surface area contributed by atoms with Crippen LogP contribution in [0.2, 0.25) is 0 Å². The molecule has 21 heavy (non-hydrogen) atoms. The highest BCUT2D eigenvalue weighted by molar-refractivity contribution is 6.10. The number of nitrogens with one attached hydrogen (secondary N) is 1. The van der Waals surface area contributed by atoms with Crippen LogP contribution >= 0.6 is 0 Å². The number of carbonyl (C=O) groups excluding carboxylic acids is 1. The van der Waals surface area contributed by atoms with Crippen LogP contribution in [0.1, 0.15) is 5.56 Å². The number of rotatable bonds is 5. The summed E-state index contributed by atoms with van der Waals surface area (Å²) in [5.74, 6) is -0.418. The van der Waals surface area contributed by atoms with E-state index in [0.717, 1.165) is 11.3 Å². The van der Waals surface area contributed by atoms with Crippen molar-refractivity contribution in [2.45, 2.75) is 0 Å². The van der Waals surface area contributed by atoms with E-state index >= 15 is 0 Å². The Morgan fingerprint density at radius 3 is 2.24 bits per heavy atom. The van der Waals surface area contributed by atoms with E-state index in [2.05, 4.69) is 15.3 Å². The normalized spacial score (nSPS) is 11.4. The molecule has 0 atom stereocenters. The van der Waals surface area contributed by atoms with Gasteiger partial charge in [-0.2, -0.15) is 5.10 Å². The average molecular weight is 280 g/mol. The molecule has 2 rings (SSSR count). The lowest BCUT2D eigenvalue weighted by Gasteiger charge is -2.04. The van der Waals surface area contributed by atoms with Crippen LogP contribution in [0.5, 0.6) is 0 Å². The van der Waals surface area contributed by atoms with Crippen LogP contribution in [0.15, 0.2) is 77.9 Å². The molecule has 106 valence electrons. The zero-order valence-electron chi connectivity index (χ0n) is 11.7. The van der Waals surface area contributed by atoms with Crippen molar-refractivity contribution in [1.82, 2.24) is 0 Å². The topological polar surface area (TPSA) is 50.7 Å². The number of anilines is 1. The second-order valence-electron chi connectivity index (χ2n) is 4.20. The van der Waals surface area contributed by atoms with Gasteiger partial charge in [0.1, 0.15) is 0 Å². The van der Waals surface area contributed by atoms with Crippen molar-refractivity contribution in [3.63, 3.8) is 0 Å². The standard InChI is InChI=1S/C17H16N2O2/c1-21-17(20)13-12-16(14-8-4-2-5-9-14)19-18-15-10-6-3-7-11-15/h2-13,18H,1H3/b13-12+,19-16-. The van der Waals surface area contributed by atoms with Crippen molar-refractivity contribution >= 4 is 17.4 Å². The number of para-hydroxylation sites is 1. The smallest absolute Gasteiger partial charge is 0.330 e. The van der Waals surface area contributed by atoms with E-state index in [0.29, 0.717) is 5.71 Å². The van der Waals surface area contributed by atoms with Crippen LogP contribution in [-0.2, 0) is 9.53 Å². The van der Waals surface area contributed by atoms with Gasteiger partial charge in [0.2, 0.25) is 0 Å². The third kappa shape index (κ3) is 4.62. The summed E-state index contributed by atoms with van der Waals surface area (Å²) < 4.78 is 4.60. The molecule has 2 aromatic carbocycles. The zero-order chi connectivity index (χ0) is 14.9. The van der Waals surface area contributed by atoms with E-state index in [-0.39, 0.29) is 0 Å². The number of benzene rings is 2. The highest BCUT2D eigenvalue weighted by Crippen LogP contribution is 2.07. The third-order valence-corrected chi connectivity index (χ3v) is 2.73. The molecule has 0 bridgehead atoms. The Kier molecular flexibility index (Phi) is 5.29. The van der Waals surface area contributed by atoms with E-state index in [1.54, 1.807) is 6.08 Å². The number of hydrogen-bond donors (Lipinski definition) is 1. The first-order chi connectivity index (χ1) is 10.3. The zero-order valence-corrected chi connectivity index (χ0v) is 11.7. The number of allylic oxidation sites excluding steroid dienone is 1. The number of hydrogen-bond acceptors (Lipinski definition) is 4. The van der Waals surface area contributed by atoms with Crippen LogP contribution in [-0.4, -0.2) is 18.8 Å². The summed E-state index contributed by atoms with van der Waals surface area (Å²) in [5, 5.41) is 4.34. The van der Waals surface area contributed by atoms with Crippen LogP contribution in [0.25, 0.3) is 0 Å². The van der Waals surface area contributed by atoms with Crippen molar-refractivity contribution in [3.05, 3.63) is 78.4 Å². The first-order valence-electron chi connectivity index (χ1n) is 6.50. The van der Waals surface area contributed by atoms with Crippen molar-refractivity contribution in [1.29, 1.82) is 0 Å². The van der Waals surface area contributed by atoms with Gasteiger partial charge in [-0.25, -0.2) is 4.79 Å². The highest BCUT2D eigenvalue weighted by atomic mass is 16.5. The Labute approximate surface area is 123 Å². The summed E-state index contributed by atoms with van der Waals surface area (Å²) in [6, 6.07) is 19.2. The minimum Gasteiger partial charge on any atom is -0.466 e. The van der Waals surface area contributed by atoms with Crippen molar-refractivity contribution in [2.75, 3.05) is 12.5 Å². The first-order valence-corrected chi connectivity index (χ1v) is 6.50. The molecule has 0 aliphatic heterocycles. The number of esters is 1. The Balaban J connectivity index is 2.23. The van der Waals surface area contributed by atoms with Crippen molar-refractivity contribution in [3.8, 4) is 0 Å². The van der Waals surface area contributed by atoms with Gasteiger partial charge < -0.3 is 4.74 Å². The van der Waals surface area contributed by atoms with E-state index in [1.807, 2.05) is 60.7 Å². The summed E-state index contributed by atoms with van der Waals surface area (Å²) >= 11 is 0. The molecule has 0 amide bonds. The molecule has 0 radical (unpaired) electrons. The van der Waals surface area contributed by atoms with E-state index in [9.17, 15) is 4.79 Å². The molecule has 0 saturated heterocycles. The van der Waals surface area contributed by atoms with Crippen LogP contribution in [0.4, 0.5) is 5.69 Å². The Morgan fingerprint density at radius 1 is 1.00 bits per heavy atom. The van der Waals surface area contributed by atoms with Gasteiger partial charge in [0.05, 0.1) is 18.5 Å². The van der Waals surface area contributed by atoms with Gasteiger partial charge in [-0.05, 0) is 18.2 Å². The minimum atomic E-state index is -0.418. The predicted octanol–water partition coefficient (Wildman–Crippen LogP) is 3.23. The Morgan fingerprint density at radius 2 is 1.62 bits per heavy atom. The number of methoxy groups -OCH3 is 1. The maximum atomic E-state index is 11.2. The maximum absolute atomic E-state index is 11.2.